The molecule has 2 aromatic carbocycles. The van der Waals surface area contributed by atoms with Crippen LogP contribution in [0.15, 0.2) is 53.0 Å². The Bertz CT molecular complexity index is 684. The van der Waals surface area contributed by atoms with Crippen LogP contribution in [0, 0.1) is 0 Å². The second kappa shape index (κ2) is 8.48. The predicted molar refractivity (Wildman–Crippen MR) is 94.1 cm³/mol. The van der Waals surface area contributed by atoms with Crippen molar-refractivity contribution in [3.05, 3.63) is 69.7 Å². The molecular formula is C18H19BrN2O2. The Labute approximate surface area is 144 Å². The van der Waals surface area contributed by atoms with Crippen LogP contribution < -0.4 is 10.6 Å². The summed E-state index contributed by atoms with van der Waals surface area (Å²) in [6, 6.07) is 14.9. The van der Waals surface area contributed by atoms with Gasteiger partial charge in [0.1, 0.15) is 0 Å². The summed E-state index contributed by atoms with van der Waals surface area (Å²) in [4.78, 5) is 23.8. The molecular weight excluding hydrogens is 356 g/mol. The highest BCUT2D eigenvalue weighted by Crippen LogP contribution is 2.11. The molecule has 0 atom stereocenters. The number of hydrogen-bond acceptors (Lipinski definition) is 2. The van der Waals surface area contributed by atoms with Crippen LogP contribution in [0.25, 0.3) is 0 Å². The molecule has 0 spiro atoms. The summed E-state index contributed by atoms with van der Waals surface area (Å²) >= 11 is 3.37. The van der Waals surface area contributed by atoms with E-state index in [-0.39, 0.29) is 11.8 Å². The maximum absolute atomic E-state index is 12.0. The second-order valence-electron chi connectivity index (χ2n) is 5.14. The van der Waals surface area contributed by atoms with Crippen LogP contribution in [-0.2, 0) is 17.8 Å². The van der Waals surface area contributed by atoms with Crippen molar-refractivity contribution in [2.45, 2.75) is 19.9 Å². The first-order chi connectivity index (χ1) is 11.1. The topological polar surface area (TPSA) is 58.2 Å². The van der Waals surface area contributed by atoms with Gasteiger partial charge in [0.15, 0.2) is 0 Å². The van der Waals surface area contributed by atoms with E-state index in [1.165, 1.54) is 0 Å². The maximum atomic E-state index is 12.0. The van der Waals surface area contributed by atoms with Gasteiger partial charge in [0.25, 0.3) is 5.91 Å². The number of carbonyl (C=O) groups excluding carboxylic acids is 2. The molecule has 0 unspecified atom stereocenters. The molecule has 0 aliphatic carbocycles. The van der Waals surface area contributed by atoms with Crippen LogP contribution in [0.2, 0.25) is 0 Å². The number of halogens is 1. The van der Waals surface area contributed by atoms with E-state index in [1.807, 2.05) is 43.3 Å². The van der Waals surface area contributed by atoms with Gasteiger partial charge >= 0.3 is 0 Å². The van der Waals surface area contributed by atoms with E-state index in [0.29, 0.717) is 25.1 Å². The summed E-state index contributed by atoms with van der Waals surface area (Å²) in [6.07, 6.45) is 0.337. The molecule has 0 aliphatic heterocycles. The maximum Gasteiger partial charge on any atom is 0.251 e. The standard InChI is InChI=1S/C18H19BrN2O2/c1-2-20-18(23)15-5-3-4-14(10-15)12-21-17(22)11-13-6-8-16(19)9-7-13/h3-10H,2,11-12H2,1H3,(H,20,23)(H,21,22). The molecule has 120 valence electrons. The van der Waals surface area contributed by atoms with E-state index in [9.17, 15) is 9.59 Å². The fourth-order valence-corrected chi connectivity index (χ4v) is 2.40. The lowest BCUT2D eigenvalue weighted by molar-refractivity contribution is -0.120. The van der Waals surface area contributed by atoms with Gasteiger partial charge in [-0.05, 0) is 42.3 Å². The number of rotatable bonds is 6. The van der Waals surface area contributed by atoms with Crippen molar-refractivity contribution in [1.29, 1.82) is 0 Å². The Kier molecular flexibility index (Phi) is 6.35. The molecule has 0 aliphatic rings. The lowest BCUT2D eigenvalue weighted by Gasteiger charge is -2.08. The van der Waals surface area contributed by atoms with Gasteiger partial charge in [-0.1, -0.05) is 40.2 Å². The Morgan fingerprint density at radius 2 is 1.74 bits per heavy atom. The number of nitrogens with one attached hydrogen (secondary N) is 2. The molecule has 23 heavy (non-hydrogen) atoms. The SMILES string of the molecule is CCNC(=O)c1cccc(CNC(=O)Cc2ccc(Br)cc2)c1. The molecule has 0 radical (unpaired) electrons. The minimum absolute atomic E-state index is 0.0456. The molecule has 0 aromatic heterocycles. The summed E-state index contributed by atoms with van der Waals surface area (Å²) in [6.45, 7) is 2.87. The van der Waals surface area contributed by atoms with E-state index in [2.05, 4.69) is 26.6 Å². The van der Waals surface area contributed by atoms with Crippen LogP contribution in [0.3, 0.4) is 0 Å². The Morgan fingerprint density at radius 3 is 2.43 bits per heavy atom. The van der Waals surface area contributed by atoms with E-state index in [4.69, 9.17) is 0 Å². The summed E-state index contributed by atoms with van der Waals surface area (Å²) in [5.41, 5.74) is 2.46. The van der Waals surface area contributed by atoms with Crippen molar-refractivity contribution in [1.82, 2.24) is 10.6 Å². The molecule has 4 nitrogen and oxygen atoms in total. The zero-order chi connectivity index (χ0) is 16.7. The lowest BCUT2D eigenvalue weighted by atomic mass is 10.1. The van der Waals surface area contributed by atoms with Crippen molar-refractivity contribution in [2.24, 2.45) is 0 Å². The van der Waals surface area contributed by atoms with Crippen LogP contribution in [0.1, 0.15) is 28.4 Å². The van der Waals surface area contributed by atoms with Gasteiger partial charge in [-0.2, -0.15) is 0 Å². The fraction of sp³-hybridized carbons (Fsp3) is 0.222. The fourth-order valence-electron chi connectivity index (χ4n) is 2.14. The first kappa shape index (κ1) is 17.2. The molecule has 5 heteroatoms. The van der Waals surface area contributed by atoms with E-state index in [0.717, 1.165) is 15.6 Å². The summed E-state index contributed by atoms with van der Waals surface area (Å²) in [7, 11) is 0. The van der Waals surface area contributed by atoms with Gasteiger partial charge in [-0.15, -0.1) is 0 Å². The van der Waals surface area contributed by atoms with Crippen LogP contribution >= 0.6 is 15.9 Å². The van der Waals surface area contributed by atoms with Crippen molar-refractivity contribution in [3.63, 3.8) is 0 Å². The summed E-state index contributed by atoms with van der Waals surface area (Å²) in [5, 5.41) is 5.64. The second-order valence-corrected chi connectivity index (χ2v) is 6.06. The highest BCUT2D eigenvalue weighted by Gasteiger charge is 2.06. The first-order valence-corrected chi connectivity index (χ1v) is 8.26. The average molecular weight is 375 g/mol. The normalized spacial score (nSPS) is 10.2. The quantitative estimate of drug-likeness (QED) is 0.816. The van der Waals surface area contributed by atoms with Crippen molar-refractivity contribution in [3.8, 4) is 0 Å². The molecule has 0 saturated heterocycles. The number of hydrogen-bond donors (Lipinski definition) is 2. The molecule has 2 amide bonds. The molecule has 0 bridgehead atoms. The molecule has 0 saturated carbocycles. The zero-order valence-corrected chi connectivity index (χ0v) is 14.5. The Morgan fingerprint density at radius 1 is 1.00 bits per heavy atom. The summed E-state index contributed by atoms with van der Waals surface area (Å²) < 4.78 is 0.990. The number of amides is 2. The van der Waals surface area contributed by atoms with Gasteiger partial charge in [-0.3, -0.25) is 9.59 Å². The number of benzene rings is 2. The minimum Gasteiger partial charge on any atom is -0.352 e. The Hall–Kier alpha value is -2.14. The third-order valence-corrected chi connectivity index (χ3v) is 3.82. The molecule has 0 fully saturated rings. The highest BCUT2D eigenvalue weighted by atomic mass is 79.9. The first-order valence-electron chi connectivity index (χ1n) is 7.46. The molecule has 2 aromatic rings. The highest BCUT2D eigenvalue weighted by molar-refractivity contribution is 9.10. The molecule has 0 heterocycles. The Balaban J connectivity index is 1.90. The van der Waals surface area contributed by atoms with Gasteiger partial charge < -0.3 is 10.6 Å². The van der Waals surface area contributed by atoms with Crippen LogP contribution in [0.5, 0.6) is 0 Å². The van der Waals surface area contributed by atoms with Gasteiger partial charge in [0, 0.05) is 23.1 Å². The monoisotopic (exact) mass is 374 g/mol. The van der Waals surface area contributed by atoms with Crippen molar-refractivity contribution < 1.29 is 9.59 Å². The summed E-state index contributed by atoms with van der Waals surface area (Å²) in [5.74, 6) is -0.147. The third kappa shape index (κ3) is 5.53. The van der Waals surface area contributed by atoms with Crippen molar-refractivity contribution in [2.75, 3.05) is 6.54 Å². The van der Waals surface area contributed by atoms with E-state index in [1.54, 1.807) is 12.1 Å². The number of carbonyl (C=O) groups is 2. The minimum atomic E-state index is -0.101. The third-order valence-electron chi connectivity index (χ3n) is 3.29. The largest absolute Gasteiger partial charge is 0.352 e. The van der Waals surface area contributed by atoms with Gasteiger partial charge in [-0.25, -0.2) is 0 Å². The molecule has 2 rings (SSSR count). The zero-order valence-electron chi connectivity index (χ0n) is 12.9. The van der Waals surface area contributed by atoms with Crippen LogP contribution in [0.4, 0.5) is 0 Å². The lowest BCUT2D eigenvalue weighted by Crippen LogP contribution is -2.25. The predicted octanol–water partition coefficient (Wildman–Crippen LogP) is 3.06. The van der Waals surface area contributed by atoms with E-state index >= 15 is 0 Å². The van der Waals surface area contributed by atoms with Crippen molar-refractivity contribution >= 4 is 27.7 Å². The van der Waals surface area contributed by atoms with Crippen LogP contribution in [-0.4, -0.2) is 18.4 Å². The average Bonchev–Trinajstić information content (AvgIpc) is 2.56. The smallest absolute Gasteiger partial charge is 0.251 e. The molecule has 2 N–H and O–H groups in total. The van der Waals surface area contributed by atoms with Gasteiger partial charge in [0.05, 0.1) is 6.42 Å². The van der Waals surface area contributed by atoms with Gasteiger partial charge in [0.2, 0.25) is 5.91 Å². The van der Waals surface area contributed by atoms with E-state index < -0.39 is 0 Å².